The molecule has 2 N–H and O–H groups in total. The van der Waals surface area contributed by atoms with Crippen LogP contribution in [0.4, 0.5) is 5.69 Å². The van der Waals surface area contributed by atoms with Crippen LogP contribution in [0.25, 0.3) is 0 Å². The predicted molar refractivity (Wildman–Crippen MR) is 103 cm³/mol. The lowest BCUT2D eigenvalue weighted by atomic mass is 10.1. The molecule has 0 bridgehead atoms. The molecular formula is C20H27N3O3. The van der Waals surface area contributed by atoms with Gasteiger partial charge in [-0.05, 0) is 43.5 Å². The maximum absolute atomic E-state index is 12.3. The van der Waals surface area contributed by atoms with Gasteiger partial charge in [0.1, 0.15) is 0 Å². The number of pyridine rings is 1. The molecule has 1 unspecified atom stereocenters. The van der Waals surface area contributed by atoms with Crippen molar-refractivity contribution >= 4 is 11.6 Å². The van der Waals surface area contributed by atoms with Gasteiger partial charge in [-0.25, -0.2) is 0 Å². The first kappa shape index (κ1) is 19.6. The molecule has 0 saturated heterocycles. The van der Waals surface area contributed by atoms with Gasteiger partial charge in [-0.15, -0.1) is 0 Å². The monoisotopic (exact) mass is 357 g/mol. The van der Waals surface area contributed by atoms with Crippen molar-refractivity contribution in [3.05, 3.63) is 47.8 Å². The Morgan fingerprint density at radius 2 is 1.92 bits per heavy atom. The minimum atomic E-state index is -0.134. The summed E-state index contributed by atoms with van der Waals surface area (Å²) in [6, 6.07) is 7.91. The molecule has 6 heteroatoms. The first-order valence-corrected chi connectivity index (χ1v) is 8.78. The van der Waals surface area contributed by atoms with E-state index >= 15 is 0 Å². The van der Waals surface area contributed by atoms with E-state index in [1.54, 1.807) is 26.6 Å². The molecule has 140 valence electrons. The highest BCUT2D eigenvalue weighted by atomic mass is 16.5. The van der Waals surface area contributed by atoms with Crippen LogP contribution < -0.4 is 20.1 Å². The van der Waals surface area contributed by atoms with Gasteiger partial charge < -0.3 is 20.1 Å². The Kier molecular flexibility index (Phi) is 7.26. The minimum Gasteiger partial charge on any atom is -0.493 e. The average molecular weight is 357 g/mol. The van der Waals surface area contributed by atoms with Crippen LogP contribution in [0, 0.1) is 0 Å². The number of ether oxygens (including phenoxy) is 2. The number of benzene rings is 1. The fourth-order valence-electron chi connectivity index (χ4n) is 2.49. The van der Waals surface area contributed by atoms with E-state index in [9.17, 15) is 4.79 Å². The SMILES string of the molecule is CCC(C)Nc1cncc(C(=O)NCCc2ccc(OC)c(OC)c2)c1. The summed E-state index contributed by atoms with van der Waals surface area (Å²) in [6.45, 7) is 4.73. The summed E-state index contributed by atoms with van der Waals surface area (Å²) in [7, 11) is 3.22. The second-order valence-corrected chi connectivity index (χ2v) is 6.11. The van der Waals surface area contributed by atoms with Crippen LogP contribution in [0.3, 0.4) is 0 Å². The molecule has 1 atom stereocenters. The maximum Gasteiger partial charge on any atom is 0.252 e. The first-order chi connectivity index (χ1) is 12.6. The van der Waals surface area contributed by atoms with Crippen LogP contribution in [0.1, 0.15) is 36.2 Å². The Hall–Kier alpha value is -2.76. The molecule has 6 nitrogen and oxygen atoms in total. The molecule has 0 saturated carbocycles. The number of hydrogen-bond acceptors (Lipinski definition) is 5. The van der Waals surface area contributed by atoms with Gasteiger partial charge in [-0.1, -0.05) is 13.0 Å². The van der Waals surface area contributed by atoms with E-state index in [-0.39, 0.29) is 5.91 Å². The summed E-state index contributed by atoms with van der Waals surface area (Å²) >= 11 is 0. The van der Waals surface area contributed by atoms with Crippen molar-refractivity contribution in [3.63, 3.8) is 0 Å². The molecule has 26 heavy (non-hydrogen) atoms. The zero-order valence-corrected chi connectivity index (χ0v) is 15.8. The minimum absolute atomic E-state index is 0.134. The molecule has 0 radical (unpaired) electrons. The summed E-state index contributed by atoms with van der Waals surface area (Å²) in [5.41, 5.74) is 2.46. The molecule has 2 rings (SSSR count). The van der Waals surface area contributed by atoms with Gasteiger partial charge in [0.15, 0.2) is 11.5 Å². The molecular weight excluding hydrogens is 330 g/mol. The van der Waals surface area contributed by atoms with Gasteiger partial charge >= 0.3 is 0 Å². The zero-order chi connectivity index (χ0) is 18.9. The van der Waals surface area contributed by atoms with Crippen molar-refractivity contribution < 1.29 is 14.3 Å². The summed E-state index contributed by atoms with van der Waals surface area (Å²) in [5.74, 6) is 1.24. The molecule has 1 aromatic carbocycles. The van der Waals surface area contributed by atoms with Crippen molar-refractivity contribution in [2.45, 2.75) is 32.7 Å². The van der Waals surface area contributed by atoms with Crippen molar-refractivity contribution in [3.8, 4) is 11.5 Å². The van der Waals surface area contributed by atoms with Gasteiger partial charge in [0.2, 0.25) is 0 Å². The van der Waals surface area contributed by atoms with Crippen LogP contribution in [-0.4, -0.2) is 37.7 Å². The van der Waals surface area contributed by atoms with Gasteiger partial charge in [-0.3, -0.25) is 9.78 Å². The van der Waals surface area contributed by atoms with Crippen molar-refractivity contribution in [2.24, 2.45) is 0 Å². The molecule has 1 heterocycles. The Morgan fingerprint density at radius 1 is 1.15 bits per heavy atom. The number of nitrogens with one attached hydrogen (secondary N) is 2. The van der Waals surface area contributed by atoms with Crippen LogP contribution in [0.5, 0.6) is 11.5 Å². The molecule has 2 aromatic rings. The second-order valence-electron chi connectivity index (χ2n) is 6.11. The topological polar surface area (TPSA) is 72.5 Å². The standard InChI is InChI=1S/C20H27N3O3/c1-5-14(2)23-17-11-16(12-21-13-17)20(24)22-9-8-15-6-7-18(25-3)19(10-15)26-4/h6-7,10-14,23H,5,8-9H2,1-4H3,(H,22,24). The molecule has 0 aliphatic heterocycles. The van der Waals surface area contributed by atoms with E-state index in [0.29, 0.717) is 36.1 Å². The first-order valence-electron chi connectivity index (χ1n) is 8.78. The second kappa shape index (κ2) is 9.65. The quantitative estimate of drug-likeness (QED) is 0.720. The molecule has 0 aliphatic rings. The Bertz CT molecular complexity index is 734. The summed E-state index contributed by atoms with van der Waals surface area (Å²) in [5, 5.41) is 6.25. The van der Waals surface area contributed by atoms with Crippen LogP contribution in [0.15, 0.2) is 36.7 Å². The van der Waals surface area contributed by atoms with E-state index in [2.05, 4.69) is 29.5 Å². The van der Waals surface area contributed by atoms with Gasteiger partial charge in [0.25, 0.3) is 5.91 Å². The van der Waals surface area contributed by atoms with Gasteiger partial charge in [0, 0.05) is 25.0 Å². The summed E-state index contributed by atoms with van der Waals surface area (Å²) < 4.78 is 10.5. The number of carbonyl (C=O) groups is 1. The zero-order valence-electron chi connectivity index (χ0n) is 15.8. The van der Waals surface area contributed by atoms with Crippen LogP contribution >= 0.6 is 0 Å². The third-order valence-corrected chi connectivity index (χ3v) is 4.17. The largest absolute Gasteiger partial charge is 0.493 e. The van der Waals surface area contributed by atoms with Crippen molar-refractivity contribution in [1.82, 2.24) is 10.3 Å². The molecule has 0 aliphatic carbocycles. The van der Waals surface area contributed by atoms with E-state index in [1.165, 1.54) is 0 Å². The summed E-state index contributed by atoms with van der Waals surface area (Å²) in [4.78, 5) is 16.5. The molecule has 0 fully saturated rings. The average Bonchev–Trinajstić information content (AvgIpc) is 2.67. The fourth-order valence-corrected chi connectivity index (χ4v) is 2.49. The lowest BCUT2D eigenvalue weighted by Gasteiger charge is -2.13. The highest BCUT2D eigenvalue weighted by Crippen LogP contribution is 2.27. The van der Waals surface area contributed by atoms with Crippen molar-refractivity contribution in [1.29, 1.82) is 0 Å². The fraction of sp³-hybridized carbons (Fsp3) is 0.400. The molecule has 1 aromatic heterocycles. The van der Waals surface area contributed by atoms with E-state index in [0.717, 1.165) is 17.7 Å². The smallest absolute Gasteiger partial charge is 0.252 e. The van der Waals surface area contributed by atoms with E-state index in [4.69, 9.17) is 9.47 Å². The normalized spacial score (nSPS) is 11.5. The number of aromatic nitrogens is 1. The number of nitrogens with zero attached hydrogens (tertiary/aromatic N) is 1. The third-order valence-electron chi connectivity index (χ3n) is 4.17. The lowest BCUT2D eigenvalue weighted by molar-refractivity contribution is 0.0954. The number of methoxy groups -OCH3 is 2. The van der Waals surface area contributed by atoms with Crippen LogP contribution in [-0.2, 0) is 6.42 Å². The Labute approximate surface area is 154 Å². The van der Waals surface area contributed by atoms with Gasteiger partial charge in [0.05, 0.1) is 25.5 Å². The van der Waals surface area contributed by atoms with Crippen molar-refractivity contribution in [2.75, 3.05) is 26.1 Å². The van der Waals surface area contributed by atoms with E-state index < -0.39 is 0 Å². The number of anilines is 1. The number of carbonyl (C=O) groups excluding carboxylic acids is 1. The lowest BCUT2D eigenvalue weighted by Crippen LogP contribution is -2.26. The molecule has 1 amide bonds. The Balaban J connectivity index is 1.92. The number of amides is 1. The van der Waals surface area contributed by atoms with Crippen LogP contribution in [0.2, 0.25) is 0 Å². The summed E-state index contributed by atoms with van der Waals surface area (Å²) in [6.07, 6.45) is 5.01. The third kappa shape index (κ3) is 5.37. The van der Waals surface area contributed by atoms with Gasteiger partial charge in [-0.2, -0.15) is 0 Å². The molecule has 0 spiro atoms. The maximum atomic E-state index is 12.3. The number of rotatable bonds is 9. The predicted octanol–water partition coefficient (Wildman–Crippen LogP) is 3.28. The highest BCUT2D eigenvalue weighted by Gasteiger charge is 2.09. The Morgan fingerprint density at radius 3 is 2.62 bits per heavy atom. The number of hydrogen-bond donors (Lipinski definition) is 2. The van der Waals surface area contributed by atoms with E-state index in [1.807, 2.05) is 24.3 Å². The highest BCUT2D eigenvalue weighted by molar-refractivity contribution is 5.94.